The summed E-state index contributed by atoms with van der Waals surface area (Å²) in [6, 6.07) is 8.09. The van der Waals surface area contributed by atoms with E-state index in [1.54, 1.807) is 30.1 Å². The van der Waals surface area contributed by atoms with Crippen molar-refractivity contribution in [2.24, 2.45) is 7.05 Å². The minimum Gasteiger partial charge on any atom is -0.382 e. The zero-order valence-corrected chi connectivity index (χ0v) is 18.5. The highest BCUT2D eigenvalue weighted by atomic mass is 35.5. The SMILES string of the molecule is C[C@H]1c2cccc(C(O)C(F)F)c2CCN1C(=O)Cc1c(Cl)ccc2nn(C)c(Cl)c12. The highest BCUT2D eigenvalue weighted by Crippen LogP contribution is 2.37. The molecule has 9 heteroatoms. The first-order valence-corrected chi connectivity index (χ1v) is 10.6. The van der Waals surface area contributed by atoms with Crippen LogP contribution in [0.1, 0.15) is 41.3 Å². The third-order valence-corrected chi connectivity index (χ3v) is 6.74. The van der Waals surface area contributed by atoms with Gasteiger partial charge >= 0.3 is 0 Å². The molecule has 3 aromatic rings. The molecule has 164 valence electrons. The monoisotopic (exact) mass is 467 g/mol. The topological polar surface area (TPSA) is 58.4 Å². The van der Waals surface area contributed by atoms with E-state index in [1.807, 2.05) is 13.0 Å². The molecule has 2 aromatic carbocycles. The Morgan fingerprint density at radius 3 is 2.74 bits per heavy atom. The van der Waals surface area contributed by atoms with Crippen molar-refractivity contribution in [3.05, 3.63) is 62.8 Å². The molecule has 2 heterocycles. The van der Waals surface area contributed by atoms with Gasteiger partial charge in [-0.05, 0) is 47.7 Å². The number of alkyl halides is 2. The Labute approximate surface area is 188 Å². The van der Waals surface area contributed by atoms with Gasteiger partial charge in [-0.3, -0.25) is 9.48 Å². The lowest BCUT2D eigenvalue weighted by Gasteiger charge is -2.37. The molecule has 4 rings (SSSR count). The van der Waals surface area contributed by atoms with Crippen LogP contribution in [0.25, 0.3) is 10.9 Å². The fourth-order valence-electron chi connectivity index (χ4n) is 4.37. The number of benzene rings is 2. The second-order valence-electron chi connectivity index (χ2n) is 7.72. The van der Waals surface area contributed by atoms with E-state index in [-0.39, 0.29) is 23.9 Å². The highest BCUT2D eigenvalue weighted by molar-refractivity contribution is 6.37. The number of aliphatic hydroxyl groups excluding tert-OH is 1. The number of amides is 1. The van der Waals surface area contributed by atoms with Gasteiger partial charge in [-0.1, -0.05) is 41.4 Å². The van der Waals surface area contributed by atoms with E-state index >= 15 is 0 Å². The van der Waals surface area contributed by atoms with Crippen LogP contribution in [0.5, 0.6) is 0 Å². The number of hydrogen-bond acceptors (Lipinski definition) is 3. The number of aromatic nitrogens is 2. The number of carbonyl (C=O) groups is 1. The molecule has 0 bridgehead atoms. The average Bonchev–Trinajstić information content (AvgIpc) is 3.03. The molecule has 0 fully saturated rings. The van der Waals surface area contributed by atoms with Gasteiger partial charge in [0.15, 0.2) is 0 Å². The predicted octanol–water partition coefficient (Wildman–Crippen LogP) is 4.87. The third kappa shape index (κ3) is 3.79. The lowest BCUT2D eigenvalue weighted by Crippen LogP contribution is -2.40. The van der Waals surface area contributed by atoms with Crippen molar-refractivity contribution in [2.75, 3.05) is 6.54 Å². The number of aliphatic hydroxyl groups is 1. The average molecular weight is 468 g/mol. The van der Waals surface area contributed by atoms with Gasteiger partial charge in [0, 0.05) is 24.0 Å². The Bertz CT molecular complexity index is 1170. The van der Waals surface area contributed by atoms with Crippen molar-refractivity contribution in [1.29, 1.82) is 0 Å². The van der Waals surface area contributed by atoms with Crippen LogP contribution in [0.4, 0.5) is 8.78 Å². The number of carbonyl (C=O) groups excluding carboxylic acids is 1. The summed E-state index contributed by atoms with van der Waals surface area (Å²) in [6.45, 7) is 2.21. The first kappa shape index (κ1) is 22.0. The molecule has 0 spiro atoms. The van der Waals surface area contributed by atoms with Gasteiger partial charge in [0.1, 0.15) is 11.3 Å². The van der Waals surface area contributed by atoms with E-state index < -0.39 is 12.5 Å². The van der Waals surface area contributed by atoms with Crippen LogP contribution in [0.3, 0.4) is 0 Å². The lowest BCUT2D eigenvalue weighted by atomic mass is 9.87. The Kier molecular flexibility index (Phi) is 5.94. The number of rotatable bonds is 4. The van der Waals surface area contributed by atoms with Crippen molar-refractivity contribution in [1.82, 2.24) is 14.7 Å². The first-order chi connectivity index (χ1) is 14.7. The summed E-state index contributed by atoms with van der Waals surface area (Å²) in [4.78, 5) is 15.0. The van der Waals surface area contributed by atoms with Gasteiger partial charge in [0.05, 0.1) is 18.0 Å². The van der Waals surface area contributed by atoms with Crippen LogP contribution in [0.15, 0.2) is 30.3 Å². The molecule has 1 unspecified atom stereocenters. The Morgan fingerprint density at radius 1 is 1.29 bits per heavy atom. The second kappa shape index (κ2) is 8.37. The van der Waals surface area contributed by atoms with Crippen LogP contribution in [-0.4, -0.2) is 38.7 Å². The van der Waals surface area contributed by atoms with Crippen molar-refractivity contribution in [3.63, 3.8) is 0 Å². The molecule has 31 heavy (non-hydrogen) atoms. The van der Waals surface area contributed by atoms with Gasteiger partial charge in [-0.2, -0.15) is 5.10 Å². The molecule has 1 amide bonds. The third-order valence-electron chi connectivity index (χ3n) is 5.96. The van der Waals surface area contributed by atoms with E-state index in [9.17, 15) is 18.7 Å². The van der Waals surface area contributed by atoms with Crippen molar-refractivity contribution < 1.29 is 18.7 Å². The summed E-state index contributed by atoms with van der Waals surface area (Å²) in [6.07, 6.45) is -4.28. The van der Waals surface area contributed by atoms with Crippen LogP contribution in [-0.2, 0) is 24.7 Å². The standard InChI is InChI=1S/C22H21Cl2F2N3O2/c1-11-12-4-3-5-14(20(31)22(25)26)13(12)8-9-29(11)18(30)10-15-16(23)6-7-17-19(15)21(24)28(2)27-17/h3-7,11,20,22,31H,8-10H2,1-2H3/t11-,20?/m0/s1. The van der Waals surface area contributed by atoms with Crippen LogP contribution < -0.4 is 0 Å². The smallest absolute Gasteiger partial charge is 0.268 e. The zero-order chi connectivity index (χ0) is 22.4. The van der Waals surface area contributed by atoms with Crippen molar-refractivity contribution in [3.8, 4) is 0 Å². The molecule has 5 nitrogen and oxygen atoms in total. The molecule has 0 aliphatic carbocycles. The molecule has 2 atom stereocenters. The summed E-state index contributed by atoms with van der Waals surface area (Å²) >= 11 is 12.8. The molecule has 1 aromatic heterocycles. The van der Waals surface area contributed by atoms with Gasteiger partial charge < -0.3 is 10.0 Å². The van der Waals surface area contributed by atoms with E-state index in [0.29, 0.717) is 45.2 Å². The van der Waals surface area contributed by atoms with Crippen LogP contribution in [0, 0.1) is 0 Å². The molecular weight excluding hydrogens is 447 g/mol. The molecule has 0 saturated carbocycles. The number of aryl methyl sites for hydroxylation is 1. The summed E-state index contributed by atoms with van der Waals surface area (Å²) in [5.74, 6) is -0.146. The van der Waals surface area contributed by atoms with Gasteiger partial charge in [0.2, 0.25) is 5.91 Å². The number of nitrogens with zero attached hydrogens (tertiary/aromatic N) is 3. The first-order valence-electron chi connectivity index (χ1n) is 9.87. The fourth-order valence-corrected chi connectivity index (χ4v) is 4.84. The van der Waals surface area contributed by atoms with Crippen molar-refractivity contribution in [2.45, 2.75) is 38.3 Å². The van der Waals surface area contributed by atoms with E-state index in [4.69, 9.17) is 23.2 Å². The maximum atomic E-state index is 13.3. The molecule has 1 aliphatic heterocycles. The number of hydrogen-bond donors (Lipinski definition) is 1. The van der Waals surface area contributed by atoms with Gasteiger partial charge in [-0.15, -0.1) is 0 Å². The van der Waals surface area contributed by atoms with E-state index in [2.05, 4.69) is 5.10 Å². The maximum Gasteiger partial charge on any atom is 0.268 e. The summed E-state index contributed by atoms with van der Waals surface area (Å²) in [5.41, 5.74) is 2.94. The fraction of sp³-hybridized carbons (Fsp3) is 0.364. The van der Waals surface area contributed by atoms with E-state index in [0.717, 1.165) is 5.56 Å². The normalized spacial score (nSPS) is 17.3. The number of fused-ring (bicyclic) bond motifs is 2. The zero-order valence-electron chi connectivity index (χ0n) is 16.9. The van der Waals surface area contributed by atoms with Gasteiger partial charge in [0.25, 0.3) is 6.43 Å². The highest BCUT2D eigenvalue weighted by Gasteiger charge is 2.32. The Morgan fingerprint density at radius 2 is 2.03 bits per heavy atom. The molecule has 1 N–H and O–H groups in total. The second-order valence-corrected chi connectivity index (χ2v) is 8.48. The minimum absolute atomic E-state index is 0.0423. The molecular formula is C22H21Cl2F2N3O2. The maximum absolute atomic E-state index is 13.3. The lowest BCUT2D eigenvalue weighted by molar-refractivity contribution is -0.133. The van der Waals surface area contributed by atoms with Crippen LogP contribution in [0.2, 0.25) is 10.2 Å². The summed E-state index contributed by atoms with van der Waals surface area (Å²) in [5, 5.41) is 15.7. The summed E-state index contributed by atoms with van der Waals surface area (Å²) in [7, 11) is 1.72. The molecule has 0 saturated heterocycles. The molecule has 1 aliphatic rings. The van der Waals surface area contributed by atoms with Gasteiger partial charge in [-0.25, -0.2) is 8.78 Å². The summed E-state index contributed by atoms with van der Waals surface area (Å²) < 4.78 is 27.7. The Hall–Kier alpha value is -2.22. The number of halogens is 4. The minimum atomic E-state index is -2.87. The predicted molar refractivity (Wildman–Crippen MR) is 116 cm³/mol. The van der Waals surface area contributed by atoms with Crippen molar-refractivity contribution >= 4 is 40.0 Å². The van der Waals surface area contributed by atoms with E-state index in [1.165, 1.54) is 10.7 Å². The van der Waals surface area contributed by atoms with Crippen LogP contribution >= 0.6 is 23.2 Å². The largest absolute Gasteiger partial charge is 0.382 e. The molecule has 0 radical (unpaired) electrons. The Balaban J connectivity index is 1.65. The quantitative estimate of drug-likeness (QED) is 0.595.